The van der Waals surface area contributed by atoms with Crippen LogP contribution in [0.2, 0.25) is 0 Å². The van der Waals surface area contributed by atoms with Gasteiger partial charge in [0, 0.05) is 24.6 Å². The van der Waals surface area contributed by atoms with Crippen molar-refractivity contribution in [2.75, 3.05) is 13.2 Å². The van der Waals surface area contributed by atoms with Gasteiger partial charge in [0.1, 0.15) is 5.82 Å². The van der Waals surface area contributed by atoms with Gasteiger partial charge in [-0.1, -0.05) is 13.8 Å². The van der Waals surface area contributed by atoms with Gasteiger partial charge in [-0.15, -0.1) is 0 Å². The number of rotatable bonds is 5. The summed E-state index contributed by atoms with van der Waals surface area (Å²) in [5, 5.41) is 12.4. The van der Waals surface area contributed by atoms with E-state index in [1.54, 1.807) is 6.07 Å². The lowest BCUT2D eigenvalue weighted by Crippen LogP contribution is -2.34. The normalized spacial score (nSPS) is 13.8. The molecule has 0 bridgehead atoms. The molecular formula is C12H19FN2O. The Morgan fingerprint density at radius 2 is 2.19 bits per heavy atom. The van der Waals surface area contributed by atoms with Gasteiger partial charge in [-0.3, -0.25) is 4.98 Å². The van der Waals surface area contributed by atoms with Gasteiger partial charge in [0.15, 0.2) is 0 Å². The molecule has 0 aliphatic carbocycles. The number of nitrogens with one attached hydrogen (secondary N) is 1. The lowest BCUT2D eigenvalue weighted by Gasteiger charge is -2.24. The van der Waals surface area contributed by atoms with E-state index in [9.17, 15) is 4.39 Å². The number of aliphatic hydroxyl groups excluding tert-OH is 1. The van der Waals surface area contributed by atoms with E-state index in [0.29, 0.717) is 6.54 Å². The number of hydrogen-bond acceptors (Lipinski definition) is 3. The summed E-state index contributed by atoms with van der Waals surface area (Å²) < 4.78 is 12.7. The van der Waals surface area contributed by atoms with Crippen molar-refractivity contribution in [2.24, 2.45) is 5.41 Å². The Kier molecular flexibility index (Phi) is 4.38. The molecule has 0 spiro atoms. The van der Waals surface area contributed by atoms with Crippen molar-refractivity contribution in [2.45, 2.75) is 26.8 Å². The van der Waals surface area contributed by atoms with Crippen LogP contribution in [0.1, 0.15) is 32.5 Å². The van der Waals surface area contributed by atoms with Crippen LogP contribution in [0.3, 0.4) is 0 Å². The van der Waals surface area contributed by atoms with Crippen LogP contribution >= 0.6 is 0 Å². The Bertz CT molecular complexity index is 324. The molecule has 1 rings (SSSR count). The maximum absolute atomic E-state index is 12.7. The third-order valence-electron chi connectivity index (χ3n) is 2.51. The molecule has 0 saturated carbocycles. The molecule has 1 unspecified atom stereocenters. The van der Waals surface area contributed by atoms with Crippen molar-refractivity contribution in [1.82, 2.24) is 10.3 Å². The molecule has 4 heteroatoms. The summed E-state index contributed by atoms with van der Waals surface area (Å²) in [6, 6.07) is 3.11. The molecular weight excluding hydrogens is 207 g/mol. The standard InChI is InChI=1S/C12H19FN2O/c1-9(15-7-12(2,3)8-16)11-5-4-10(13)6-14-11/h4-6,9,15-16H,7-8H2,1-3H3. The highest BCUT2D eigenvalue weighted by Crippen LogP contribution is 2.15. The molecule has 0 aliphatic rings. The fraction of sp³-hybridized carbons (Fsp3) is 0.583. The number of pyridine rings is 1. The first-order valence-corrected chi connectivity index (χ1v) is 5.40. The van der Waals surface area contributed by atoms with E-state index in [4.69, 9.17) is 5.11 Å². The minimum atomic E-state index is -0.327. The van der Waals surface area contributed by atoms with Crippen LogP contribution in [0.4, 0.5) is 4.39 Å². The SMILES string of the molecule is CC(NCC(C)(C)CO)c1ccc(F)cn1. The summed E-state index contributed by atoms with van der Waals surface area (Å²) in [4.78, 5) is 4.00. The average molecular weight is 226 g/mol. The number of halogens is 1. The average Bonchev–Trinajstić information content (AvgIpc) is 2.27. The van der Waals surface area contributed by atoms with E-state index in [2.05, 4.69) is 10.3 Å². The van der Waals surface area contributed by atoms with E-state index >= 15 is 0 Å². The first-order chi connectivity index (χ1) is 7.44. The first kappa shape index (κ1) is 13.1. The van der Waals surface area contributed by atoms with Crippen LogP contribution in [-0.2, 0) is 0 Å². The molecule has 1 atom stereocenters. The molecule has 0 radical (unpaired) electrons. The maximum atomic E-state index is 12.7. The quantitative estimate of drug-likeness (QED) is 0.806. The molecule has 0 aromatic carbocycles. The molecule has 1 aromatic heterocycles. The summed E-state index contributed by atoms with van der Waals surface area (Å²) in [5.74, 6) is -0.327. The zero-order valence-electron chi connectivity index (χ0n) is 10.00. The van der Waals surface area contributed by atoms with E-state index < -0.39 is 0 Å². The lowest BCUT2D eigenvalue weighted by atomic mass is 9.94. The van der Waals surface area contributed by atoms with Gasteiger partial charge in [0.05, 0.1) is 11.9 Å². The summed E-state index contributed by atoms with van der Waals surface area (Å²) in [6.07, 6.45) is 1.21. The molecule has 90 valence electrons. The van der Waals surface area contributed by atoms with Crippen molar-refractivity contribution in [3.63, 3.8) is 0 Å². The van der Waals surface area contributed by atoms with Gasteiger partial charge >= 0.3 is 0 Å². The van der Waals surface area contributed by atoms with Crippen LogP contribution in [0, 0.1) is 11.2 Å². The molecule has 1 heterocycles. The number of aromatic nitrogens is 1. The lowest BCUT2D eigenvalue weighted by molar-refractivity contribution is 0.153. The molecule has 2 N–H and O–H groups in total. The predicted octanol–water partition coefficient (Wildman–Crippen LogP) is 1.89. The fourth-order valence-electron chi connectivity index (χ4n) is 1.23. The molecule has 0 amide bonds. The minimum Gasteiger partial charge on any atom is -0.396 e. The Hall–Kier alpha value is -1.00. The smallest absolute Gasteiger partial charge is 0.141 e. The third-order valence-corrected chi connectivity index (χ3v) is 2.51. The van der Waals surface area contributed by atoms with Crippen molar-refractivity contribution in [3.05, 3.63) is 29.8 Å². The third kappa shape index (κ3) is 3.87. The topological polar surface area (TPSA) is 45.1 Å². The van der Waals surface area contributed by atoms with E-state index in [-0.39, 0.29) is 23.9 Å². The Morgan fingerprint density at radius 1 is 1.50 bits per heavy atom. The van der Waals surface area contributed by atoms with Gasteiger partial charge in [-0.2, -0.15) is 0 Å². The summed E-state index contributed by atoms with van der Waals surface area (Å²) in [5.41, 5.74) is 0.643. The van der Waals surface area contributed by atoms with Crippen molar-refractivity contribution in [3.8, 4) is 0 Å². The molecule has 16 heavy (non-hydrogen) atoms. The van der Waals surface area contributed by atoms with Crippen LogP contribution < -0.4 is 5.32 Å². The van der Waals surface area contributed by atoms with Crippen molar-refractivity contribution < 1.29 is 9.50 Å². The second-order valence-electron chi connectivity index (χ2n) is 4.83. The van der Waals surface area contributed by atoms with Gasteiger partial charge < -0.3 is 10.4 Å². The van der Waals surface area contributed by atoms with Crippen molar-refractivity contribution >= 4 is 0 Å². The summed E-state index contributed by atoms with van der Waals surface area (Å²) in [7, 11) is 0. The molecule has 0 aliphatic heterocycles. The maximum Gasteiger partial charge on any atom is 0.141 e. The fourth-order valence-corrected chi connectivity index (χ4v) is 1.23. The van der Waals surface area contributed by atoms with Crippen LogP contribution in [-0.4, -0.2) is 23.2 Å². The van der Waals surface area contributed by atoms with E-state index in [0.717, 1.165) is 5.69 Å². The minimum absolute atomic E-state index is 0.0476. The largest absolute Gasteiger partial charge is 0.396 e. The van der Waals surface area contributed by atoms with Gasteiger partial charge in [0.2, 0.25) is 0 Å². The molecule has 0 fully saturated rings. The summed E-state index contributed by atoms with van der Waals surface area (Å²) in [6.45, 7) is 6.73. The first-order valence-electron chi connectivity index (χ1n) is 5.40. The Labute approximate surface area is 95.7 Å². The molecule has 1 aromatic rings. The van der Waals surface area contributed by atoms with Crippen LogP contribution in [0.25, 0.3) is 0 Å². The van der Waals surface area contributed by atoms with Crippen molar-refractivity contribution in [1.29, 1.82) is 0 Å². The van der Waals surface area contributed by atoms with Gasteiger partial charge in [-0.05, 0) is 19.1 Å². The van der Waals surface area contributed by atoms with E-state index in [1.165, 1.54) is 12.3 Å². The van der Waals surface area contributed by atoms with Gasteiger partial charge in [-0.25, -0.2) is 4.39 Å². The Balaban J connectivity index is 2.53. The zero-order valence-corrected chi connectivity index (χ0v) is 10.00. The number of nitrogens with zero attached hydrogens (tertiary/aromatic N) is 1. The highest BCUT2D eigenvalue weighted by molar-refractivity contribution is 5.09. The van der Waals surface area contributed by atoms with Crippen LogP contribution in [0.15, 0.2) is 18.3 Å². The summed E-state index contributed by atoms with van der Waals surface area (Å²) >= 11 is 0. The molecule has 0 saturated heterocycles. The van der Waals surface area contributed by atoms with E-state index in [1.807, 2.05) is 20.8 Å². The van der Waals surface area contributed by atoms with Gasteiger partial charge in [0.25, 0.3) is 0 Å². The Morgan fingerprint density at radius 3 is 2.69 bits per heavy atom. The predicted molar refractivity (Wildman–Crippen MR) is 61.5 cm³/mol. The number of aliphatic hydroxyl groups is 1. The van der Waals surface area contributed by atoms with Crippen LogP contribution in [0.5, 0.6) is 0 Å². The number of hydrogen-bond donors (Lipinski definition) is 2. The highest BCUT2D eigenvalue weighted by Gasteiger charge is 2.17. The second kappa shape index (κ2) is 5.37. The second-order valence-corrected chi connectivity index (χ2v) is 4.83. The molecule has 3 nitrogen and oxygen atoms in total. The monoisotopic (exact) mass is 226 g/mol. The zero-order chi connectivity index (χ0) is 12.2. The highest BCUT2D eigenvalue weighted by atomic mass is 19.1.